The first kappa shape index (κ1) is 15.0. The molecule has 1 aromatic rings. The third-order valence-corrected chi connectivity index (χ3v) is 4.23. The Bertz CT molecular complexity index is 523. The lowest BCUT2D eigenvalue weighted by Gasteiger charge is -2.20. The monoisotopic (exact) mass is 305 g/mol. The Kier molecular flexibility index (Phi) is 4.71. The summed E-state index contributed by atoms with van der Waals surface area (Å²) < 4.78 is 16.3. The van der Waals surface area contributed by atoms with Gasteiger partial charge in [-0.2, -0.15) is 0 Å². The van der Waals surface area contributed by atoms with Gasteiger partial charge in [-0.05, 0) is 31.9 Å². The van der Waals surface area contributed by atoms with E-state index >= 15 is 0 Å². The second-order valence-electron chi connectivity index (χ2n) is 5.97. The minimum Gasteiger partial charge on any atom is -0.481 e. The topological polar surface area (TPSA) is 56.8 Å². The van der Waals surface area contributed by atoms with Crippen LogP contribution in [0.4, 0.5) is 0 Å². The first-order valence-electron chi connectivity index (χ1n) is 8.09. The number of carbonyl (C=O) groups is 1. The van der Waals surface area contributed by atoms with Crippen LogP contribution in [0.5, 0.6) is 17.2 Å². The van der Waals surface area contributed by atoms with Gasteiger partial charge in [0.1, 0.15) is 5.75 Å². The SMILES string of the molecule is C[C@H](Oc1ccc2c(c1)OCO2)C(=O)NC1CCCCCC1. The van der Waals surface area contributed by atoms with Gasteiger partial charge >= 0.3 is 0 Å². The molecule has 5 heteroatoms. The minimum atomic E-state index is -0.524. The second kappa shape index (κ2) is 6.90. The molecule has 3 rings (SSSR count). The number of ether oxygens (including phenoxy) is 3. The van der Waals surface area contributed by atoms with Crippen molar-refractivity contribution < 1.29 is 19.0 Å². The van der Waals surface area contributed by atoms with Crippen molar-refractivity contribution in [1.29, 1.82) is 0 Å². The van der Waals surface area contributed by atoms with E-state index in [0.717, 1.165) is 12.8 Å². The zero-order valence-electron chi connectivity index (χ0n) is 13.0. The summed E-state index contributed by atoms with van der Waals surface area (Å²) in [5, 5.41) is 3.11. The fourth-order valence-electron chi connectivity index (χ4n) is 2.95. The highest BCUT2D eigenvalue weighted by Crippen LogP contribution is 2.35. The van der Waals surface area contributed by atoms with E-state index in [1.165, 1.54) is 25.7 Å². The average molecular weight is 305 g/mol. The number of hydrogen-bond donors (Lipinski definition) is 1. The van der Waals surface area contributed by atoms with Crippen molar-refractivity contribution in [2.75, 3.05) is 6.79 Å². The third-order valence-electron chi connectivity index (χ3n) is 4.23. The van der Waals surface area contributed by atoms with Crippen LogP contribution in [-0.4, -0.2) is 24.8 Å². The van der Waals surface area contributed by atoms with Crippen molar-refractivity contribution >= 4 is 5.91 Å². The van der Waals surface area contributed by atoms with Crippen molar-refractivity contribution in [2.45, 2.75) is 57.6 Å². The normalized spacial score (nSPS) is 19.3. The Morgan fingerprint density at radius 3 is 2.68 bits per heavy atom. The van der Waals surface area contributed by atoms with Crippen LogP contribution >= 0.6 is 0 Å². The van der Waals surface area contributed by atoms with Crippen LogP contribution in [0.25, 0.3) is 0 Å². The molecule has 0 saturated heterocycles. The van der Waals surface area contributed by atoms with E-state index in [1.54, 1.807) is 25.1 Å². The van der Waals surface area contributed by atoms with Gasteiger partial charge in [0, 0.05) is 12.1 Å². The molecule has 0 spiro atoms. The summed E-state index contributed by atoms with van der Waals surface area (Å²) in [4.78, 5) is 12.3. The molecule has 1 atom stereocenters. The van der Waals surface area contributed by atoms with E-state index in [4.69, 9.17) is 14.2 Å². The molecule has 1 aromatic carbocycles. The Labute approximate surface area is 130 Å². The van der Waals surface area contributed by atoms with Gasteiger partial charge in [-0.3, -0.25) is 4.79 Å². The number of rotatable bonds is 4. The number of fused-ring (bicyclic) bond motifs is 1. The van der Waals surface area contributed by atoms with Crippen LogP contribution in [0.3, 0.4) is 0 Å². The van der Waals surface area contributed by atoms with Gasteiger partial charge in [0.25, 0.3) is 5.91 Å². The quantitative estimate of drug-likeness (QED) is 0.869. The Hall–Kier alpha value is -1.91. The first-order valence-corrected chi connectivity index (χ1v) is 8.09. The third kappa shape index (κ3) is 3.64. The molecule has 1 aliphatic carbocycles. The molecule has 0 aromatic heterocycles. The van der Waals surface area contributed by atoms with Gasteiger partial charge in [0.15, 0.2) is 17.6 Å². The summed E-state index contributed by atoms with van der Waals surface area (Å²) in [6, 6.07) is 5.65. The Balaban J connectivity index is 1.54. The maximum Gasteiger partial charge on any atom is 0.260 e. The van der Waals surface area contributed by atoms with Crippen LogP contribution in [0.2, 0.25) is 0 Å². The number of nitrogens with one attached hydrogen (secondary N) is 1. The molecular formula is C17H23NO4. The smallest absolute Gasteiger partial charge is 0.260 e. The molecule has 1 amide bonds. The van der Waals surface area contributed by atoms with Gasteiger partial charge in [-0.15, -0.1) is 0 Å². The van der Waals surface area contributed by atoms with E-state index in [9.17, 15) is 4.79 Å². The van der Waals surface area contributed by atoms with Crippen molar-refractivity contribution in [3.8, 4) is 17.2 Å². The molecule has 0 bridgehead atoms. The maximum absolute atomic E-state index is 12.3. The summed E-state index contributed by atoms with van der Waals surface area (Å²) >= 11 is 0. The van der Waals surface area contributed by atoms with Crippen molar-refractivity contribution in [2.24, 2.45) is 0 Å². The fraction of sp³-hybridized carbons (Fsp3) is 0.588. The van der Waals surface area contributed by atoms with Gasteiger partial charge in [0.2, 0.25) is 6.79 Å². The van der Waals surface area contributed by atoms with Crippen molar-refractivity contribution in [3.05, 3.63) is 18.2 Å². The van der Waals surface area contributed by atoms with Crippen LogP contribution in [0, 0.1) is 0 Å². The Morgan fingerprint density at radius 2 is 1.91 bits per heavy atom. The van der Waals surface area contributed by atoms with E-state index in [1.807, 2.05) is 0 Å². The van der Waals surface area contributed by atoms with Crippen LogP contribution in [0.15, 0.2) is 18.2 Å². The van der Waals surface area contributed by atoms with Crippen molar-refractivity contribution in [1.82, 2.24) is 5.32 Å². The highest BCUT2D eigenvalue weighted by atomic mass is 16.7. The van der Waals surface area contributed by atoms with Gasteiger partial charge in [0.05, 0.1) is 0 Å². The molecule has 1 saturated carbocycles. The second-order valence-corrected chi connectivity index (χ2v) is 5.97. The molecule has 1 heterocycles. The summed E-state index contributed by atoms with van der Waals surface area (Å²) in [6.45, 7) is 2.01. The highest BCUT2D eigenvalue weighted by Gasteiger charge is 2.21. The number of hydrogen-bond acceptors (Lipinski definition) is 4. The molecule has 1 N–H and O–H groups in total. The molecule has 120 valence electrons. The van der Waals surface area contributed by atoms with Crippen molar-refractivity contribution in [3.63, 3.8) is 0 Å². The summed E-state index contributed by atoms with van der Waals surface area (Å²) in [7, 11) is 0. The molecular weight excluding hydrogens is 282 g/mol. The minimum absolute atomic E-state index is 0.0513. The summed E-state index contributed by atoms with van der Waals surface area (Å²) in [5.41, 5.74) is 0. The summed E-state index contributed by atoms with van der Waals surface area (Å²) in [5.74, 6) is 1.94. The van der Waals surface area contributed by atoms with Crippen LogP contribution < -0.4 is 19.5 Å². The van der Waals surface area contributed by atoms with E-state index in [0.29, 0.717) is 17.2 Å². The van der Waals surface area contributed by atoms with E-state index in [2.05, 4.69) is 5.32 Å². The lowest BCUT2D eigenvalue weighted by atomic mass is 10.1. The fourth-order valence-corrected chi connectivity index (χ4v) is 2.95. The van der Waals surface area contributed by atoms with Crippen LogP contribution in [-0.2, 0) is 4.79 Å². The molecule has 22 heavy (non-hydrogen) atoms. The number of carbonyl (C=O) groups excluding carboxylic acids is 1. The standard InChI is InChI=1S/C17H23NO4/c1-12(17(19)18-13-6-4-2-3-5-7-13)22-14-8-9-15-16(10-14)21-11-20-15/h8-10,12-13H,2-7,11H2,1H3,(H,18,19)/t12-/m0/s1. The van der Waals surface area contributed by atoms with E-state index < -0.39 is 6.10 Å². The lowest BCUT2D eigenvalue weighted by Crippen LogP contribution is -2.42. The summed E-state index contributed by atoms with van der Waals surface area (Å²) in [6.07, 6.45) is 6.56. The molecule has 0 unspecified atom stereocenters. The first-order chi connectivity index (χ1) is 10.7. The molecule has 1 aliphatic heterocycles. The molecule has 0 radical (unpaired) electrons. The van der Waals surface area contributed by atoms with Gasteiger partial charge in [-0.1, -0.05) is 25.7 Å². The van der Waals surface area contributed by atoms with Crippen LogP contribution in [0.1, 0.15) is 45.4 Å². The maximum atomic E-state index is 12.3. The average Bonchev–Trinajstić information content (AvgIpc) is 2.83. The molecule has 1 fully saturated rings. The molecule has 5 nitrogen and oxygen atoms in total. The zero-order chi connectivity index (χ0) is 15.4. The molecule has 2 aliphatic rings. The largest absolute Gasteiger partial charge is 0.481 e. The Morgan fingerprint density at radius 1 is 1.18 bits per heavy atom. The zero-order valence-corrected chi connectivity index (χ0v) is 13.0. The van der Waals surface area contributed by atoms with E-state index in [-0.39, 0.29) is 18.7 Å². The number of benzene rings is 1. The predicted octanol–water partition coefficient (Wildman–Crippen LogP) is 3.02. The van der Waals surface area contributed by atoms with Gasteiger partial charge < -0.3 is 19.5 Å². The predicted molar refractivity (Wildman–Crippen MR) is 82.3 cm³/mol. The highest BCUT2D eigenvalue weighted by molar-refractivity contribution is 5.81. The van der Waals surface area contributed by atoms with Gasteiger partial charge in [-0.25, -0.2) is 0 Å². The lowest BCUT2D eigenvalue weighted by molar-refractivity contribution is -0.128. The number of amides is 1.